The molecule has 160 valence electrons. The molecular weight excluding hydrogens is 372 g/mol. The fraction of sp³-hybridized carbons (Fsp3) is 0.500. The van der Waals surface area contributed by atoms with Crippen LogP contribution in [0.25, 0.3) is 11.4 Å². The topological polar surface area (TPSA) is 91.7 Å². The van der Waals surface area contributed by atoms with Crippen LogP contribution in [0.1, 0.15) is 68.2 Å². The fourth-order valence-corrected chi connectivity index (χ4v) is 4.45. The predicted molar refractivity (Wildman–Crippen MR) is 123 cm³/mol. The van der Waals surface area contributed by atoms with E-state index >= 15 is 0 Å². The molecular formula is C24H34N6. The Hall–Kier alpha value is -2.44. The first kappa shape index (κ1) is 20.8. The number of piperidine rings is 1. The molecule has 5 N–H and O–H groups in total. The lowest BCUT2D eigenvalue weighted by molar-refractivity contribution is 0.365. The lowest BCUT2D eigenvalue weighted by Crippen LogP contribution is -2.31. The van der Waals surface area contributed by atoms with E-state index in [0.717, 1.165) is 68.3 Å². The minimum atomic E-state index is 0.367. The zero-order chi connectivity index (χ0) is 20.6. The summed E-state index contributed by atoms with van der Waals surface area (Å²) < 4.78 is 0. The van der Waals surface area contributed by atoms with Crippen LogP contribution in [0.3, 0.4) is 0 Å². The lowest BCUT2D eigenvalue weighted by Gasteiger charge is -2.31. The number of benzene rings is 1. The third-order valence-corrected chi connectivity index (χ3v) is 6.09. The minimum Gasteiger partial charge on any atom is -0.356 e. The molecule has 0 aliphatic carbocycles. The van der Waals surface area contributed by atoms with Crippen molar-refractivity contribution in [2.24, 2.45) is 5.73 Å². The summed E-state index contributed by atoms with van der Waals surface area (Å²) in [4.78, 5) is 13.0. The first-order valence-electron chi connectivity index (χ1n) is 11.4. The number of nitrogens with one attached hydrogen (secondary N) is 3. The molecule has 0 bridgehead atoms. The Morgan fingerprint density at radius 2 is 1.87 bits per heavy atom. The first-order valence-corrected chi connectivity index (χ1v) is 11.4. The lowest BCUT2D eigenvalue weighted by atomic mass is 9.85. The van der Waals surface area contributed by atoms with Gasteiger partial charge in [-0.1, -0.05) is 49.6 Å². The summed E-state index contributed by atoms with van der Waals surface area (Å²) in [5, 5.41) is 7.18. The van der Waals surface area contributed by atoms with Crippen molar-refractivity contribution >= 4 is 5.95 Å². The summed E-state index contributed by atoms with van der Waals surface area (Å²) in [6.07, 6.45) is 10.0. The predicted octanol–water partition coefficient (Wildman–Crippen LogP) is 4.44. The molecule has 1 aromatic carbocycles. The van der Waals surface area contributed by atoms with Crippen LogP contribution in [-0.4, -0.2) is 34.6 Å². The van der Waals surface area contributed by atoms with Gasteiger partial charge in [-0.2, -0.15) is 0 Å². The van der Waals surface area contributed by atoms with Crippen LogP contribution in [0, 0.1) is 0 Å². The van der Waals surface area contributed by atoms with Gasteiger partial charge in [-0.25, -0.2) is 4.98 Å². The largest absolute Gasteiger partial charge is 0.356 e. The summed E-state index contributed by atoms with van der Waals surface area (Å²) >= 11 is 0. The summed E-state index contributed by atoms with van der Waals surface area (Å²) in [7, 11) is 0. The van der Waals surface area contributed by atoms with Gasteiger partial charge in [-0.15, -0.1) is 0 Å². The Kier molecular flexibility index (Phi) is 7.32. The molecule has 0 amide bonds. The van der Waals surface area contributed by atoms with Crippen molar-refractivity contribution in [2.75, 3.05) is 25.0 Å². The summed E-state index contributed by atoms with van der Waals surface area (Å²) in [5.41, 5.74) is 10.1. The van der Waals surface area contributed by atoms with E-state index in [1.54, 1.807) is 0 Å². The van der Waals surface area contributed by atoms with E-state index in [0.29, 0.717) is 12.0 Å². The number of anilines is 1. The van der Waals surface area contributed by atoms with E-state index in [9.17, 15) is 0 Å². The van der Waals surface area contributed by atoms with E-state index in [-0.39, 0.29) is 0 Å². The van der Waals surface area contributed by atoms with Crippen molar-refractivity contribution in [1.29, 1.82) is 0 Å². The van der Waals surface area contributed by atoms with Crippen molar-refractivity contribution in [2.45, 2.75) is 56.9 Å². The molecule has 1 fully saturated rings. The van der Waals surface area contributed by atoms with Crippen molar-refractivity contribution < 1.29 is 0 Å². The molecule has 4 rings (SSSR count). The number of aromatic nitrogens is 3. The molecule has 6 heteroatoms. The summed E-state index contributed by atoms with van der Waals surface area (Å²) in [6, 6.07) is 13.1. The van der Waals surface area contributed by atoms with Crippen LogP contribution in [0.5, 0.6) is 0 Å². The maximum absolute atomic E-state index is 5.57. The highest BCUT2D eigenvalue weighted by Gasteiger charge is 2.28. The minimum absolute atomic E-state index is 0.367. The molecule has 1 saturated heterocycles. The van der Waals surface area contributed by atoms with Gasteiger partial charge in [0.1, 0.15) is 5.69 Å². The van der Waals surface area contributed by atoms with Crippen molar-refractivity contribution in [3.63, 3.8) is 0 Å². The van der Waals surface area contributed by atoms with E-state index < -0.39 is 0 Å². The van der Waals surface area contributed by atoms with Gasteiger partial charge in [0.25, 0.3) is 0 Å². The number of hydrogen-bond donors (Lipinski definition) is 4. The van der Waals surface area contributed by atoms with E-state index in [4.69, 9.17) is 10.7 Å². The third kappa shape index (κ3) is 5.18. The zero-order valence-electron chi connectivity index (χ0n) is 17.7. The van der Waals surface area contributed by atoms with Crippen molar-refractivity contribution in [3.05, 3.63) is 53.9 Å². The molecule has 0 spiro atoms. The van der Waals surface area contributed by atoms with Gasteiger partial charge in [0.2, 0.25) is 5.95 Å². The van der Waals surface area contributed by atoms with Gasteiger partial charge in [-0.05, 0) is 50.4 Å². The smallest absolute Gasteiger partial charge is 0.200 e. The molecule has 2 unspecified atom stereocenters. The Morgan fingerprint density at radius 3 is 2.73 bits per heavy atom. The van der Waals surface area contributed by atoms with Crippen LogP contribution >= 0.6 is 0 Å². The average Bonchev–Trinajstić information content (AvgIpc) is 3.27. The Bertz CT molecular complexity index is 861. The van der Waals surface area contributed by atoms with Crippen molar-refractivity contribution in [1.82, 2.24) is 20.3 Å². The number of unbranched alkanes of at least 4 members (excludes halogenated alkanes) is 4. The Balaban J connectivity index is 1.42. The number of rotatable bonds is 10. The first-order chi connectivity index (χ1) is 14.8. The molecule has 0 radical (unpaired) electrons. The quantitative estimate of drug-likeness (QED) is 0.374. The average molecular weight is 407 g/mol. The van der Waals surface area contributed by atoms with E-state index in [2.05, 4.69) is 50.9 Å². The van der Waals surface area contributed by atoms with Crippen LogP contribution < -0.4 is 16.4 Å². The molecule has 30 heavy (non-hydrogen) atoms. The summed E-state index contributed by atoms with van der Waals surface area (Å²) in [6.45, 7) is 2.73. The molecule has 2 atom stereocenters. The Labute approximate surface area is 179 Å². The molecule has 0 saturated carbocycles. The second-order valence-electron chi connectivity index (χ2n) is 8.30. The summed E-state index contributed by atoms with van der Waals surface area (Å²) in [5.74, 6) is 1.27. The van der Waals surface area contributed by atoms with Gasteiger partial charge in [0.05, 0.1) is 11.4 Å². The molecule has 3 aliphatic rings. The highest BCUT2D eigenvalue weighted by atomic mass is 15.1. The highest BCUT2D eigenvalue weighted by Crippen LogP contribution is 2.38. The molecule has 1 aromatic rings. The number of nitrogens with zero attached hydrogens (tertiary/aromatic N) is 2. The number of fused-ring (bicyclic) bond motifs is 1. The van der Waals surface area contributed by atoms with Crippen molar-refractivity contribution in [3.8, 4) is 11.4 Å². The SMILES string of the molecule is NCCCCCCCNc1nc(C2CCNC(c3ccccc3)C2)c2nccc-2[nH]1. The normalized spacial score (nSPS) is 19.2. The maximum Gasteiger partial charge on any atom is 0.200 e. The van der Waals surface area contributed by atoms with Crippen LogP contribution in [0.2, 0.25) is 0 Å². The second kappa shape index (κ2) is 10.5. The van der Waals surface area contributed by atoms with Crippen LogP contribution in [-0.2, 0) is 0 Å². The van der Waals surface area contributed by atoms with Gasteiger partial charge < -0.3 is 21.4 Å². The van der Waals surface area contributed by atoms with Gasteiger partial charge in [-0.3, -0.25) is 4.98 Å². The molecule has 6 nitrogen and oxygen atoms in total. The molecule has 3 heterocycles. The van der Waals surface area contributed by atoms with Gasteiger partial charge >= 0.3 is 0 Å². The Morgan fingerprint density at radius 1 is 1.03 bits per heavy atom. The zero-order valence-corrected chi connectivity index (χ0v) is 17.7. The van der Waals surface area contributed by atoms with Gasteiger partial charge in [0, 0.05) is 24.7 Å². The van der Waals surface area contributed by atoms with E-state index in [1.807, 2.05) is 12.3 Å². The fourth-order valence-electron chi connectivity index (χ4n) is 4.45. The number of aromatic amines is 1. The maximum atomic E-state index is 5.57. The highest BCUT2D eigenvalue weighted by molar-refractivity contribution is 5.62. The molecule has 0 aromatic heterocycles. The standard InChI is InChI=1S/C24H34N6/c25-13-7-2-1-3-8-14-28-24-29-20-12-16-27-23(20)22(30-24)19-11-15-26-21(17-19)18-9-5-4-6-10-18/h4-6,9-10,12,16,19,21,26H,1-3,7-8,11,13-15,17,25H2,(H2,28,29,30). The number of H-pyrrole nitrogens is 1. The monoisotopic (exact) mass is 406 g/mol. The van der Waals surface area contributed by atoms with Crippen LogP contribution in [0.4, 0.5) is 5.95 Å². The second-order valence-corrected chi connectivity index (χ2v) is 8.30. The number of hydrogen-bond acceptors (Lipinski definition) is 5. The number of nitrogens with two attached hydrogens (primary N) is 1. The molecule has 3 aliphatic heterocycles. The van der Waals surface area contributed by atoms with Gasteiger partial charge in [0.15, 0.2) is 0 Å². The van der Waals surface area contributed by atoms with E-state index in [1.165, 1.54) is 24.8 Å². The third-order valence-electron chi connectivity index (χ3n) is 6.09. The van der Waals surface area contributed by atoms with Crippen LogP contribution in [0.15, 0.2) is 42.6 Å².